The Bertz CT molecular complexity index is 591. The van der Waals surface area contributed by atoms with E-state index in [4.69, 9.17) is 4.74 Å². The molecule has 0 bridgehead atoms. The summed E-state index contributed by atoms with van der Waals surface area (Å²) in [6.45, 7) is 1.66. The van der Waals surface area contributed by atoms with Gasteiger partial charge in [-0.3, -0.25) is 4.79 Å². The Labute approximate surface area is 137 Å². The quantitative estimate of drug-likeness (QED) is 0.403. The zero-order valence-electron chi connectivity index (χ0n) is 12.1. The zero-order chi connectivity index (χ0) is 13.9. The van der Waals surface area contributed by atoms with Crippen LogP contribution in [-0.2, 0) is 0 Å². The van der Waals surface area contributed by atoms with Gasteiger partial charge in [0.1, 0.15) is 25.2 Å². The molecule has 2 rings (SSSR count). The third kappa shape index (κ3) is 4.76. The predicted octanol–water partition coefficient (Wildman–Crippen LogP) is -0.259. The fourth-order valence-corrected chi connectivity index (χ4v) is 1.84. The number of hydrogen-bond acceptors (Lipinski definition) is 2. The van der Waals surface area contributed by atoms with Gasteiger partial charge in [-0.2, -0.15) is 0 Å². The fraction of sp³-hybridized carbons (Fsp3) is 0.312. The number of likely N-dealkylation sites (N-methyl/N-ethyl adjacent to an activating group) is 1. The van der Waals surface area contributed by atoms with Crippen LogP contribution in [0.1, 0.15) is 10.4 Å². The number of halogens is 1. The van der Waals surface area contributed by atoms with Gasteiger partial charge in [0, 0.05) is 5.56 Å². The normalized spacial score (nSPS) is 10.9. The molecule has 0 spiro atoms. The van der Waals surface area contributed by atoms with E-state index in [0.29, 0.717) is 12.2 Å². The summed E-state index contributed by atoms with van der Waals surface area (Å²) in [5.74, 6) is 0.875. The van der Waals surface area contributed by atoms with E-state index in [1.165, 1.54) is 0 Å². The van der Waals surface area contributed by atoms with Crippen LogP contribution in [0.4, 0.5) is 0 Å². The largest absolute Gasteiger partial charge is 1.00 e. The number of quaternary nitrogens is 1. The molecular formula is C16H20INO2. The molecule has 0 aromatic heterocycles. The maximum atomic E-state index is 10.7. The second kappa shape index (κ2) is 7.04. The summed E-state index contributed by atoms with van der Waals surface area (Å²) < 4.78 is 6.65. The van der Waals surface area contributed by atoms with E-state index in [1.807, 2.05) is 36.4 Å². The van der Waals surface area contributed by atoms with Gasteiger partial charge < -0.3 is 33.2 Å². The average molecular weight is 385 g/mol. The summed E-state index contributed by atoms with van der Waals surface area (Å²) in [7, 11) is 6.43. The standard InChI is InChI=1S/C16H20NO2.HI/c1-17(2,3)8-9-19-16-7-6-14-10-13(12-18)4-5-15(14)11-16;/h4-7,10-12H,8-9H2,1-3H3;1H/q+1;/p-1. The minimum atomic E-state index is 0. The van der Waals surface area contributed by atoms with Gasteiger partial charge in [0.2, 0.25) is 0 Å². The minimum absolute atomic E-state index is 0. The Balaban J connectivity index is 0.00000200. The van der Waals surface area contributed by atoms with Crippen molar-refractivity contribution < 1.29 is 38.0 Å². The Hall–Kier alpha value is -1.14. The van der Waals surface area contributed by atoms with Crippen molar-refractivity contribution in [3.63, 3.8) is 0 Å². The van der Waals surface area contributed by atoms with Gasteiger partial charge >= 0.3 is 0 Å². The summed E-state index contributed by atoms with van der Waals surface area (Å²) in [6.07, 6.45) is 0.866. The third-order valence-electron chi connectivity index (χ3n) is 3.00. The molecule has 108 valence electrons. The lowest BCUT2D eigenvalue weighted by molar-refractivity contribution is -0.870. The van der Waals surface area contributed by atoms with E-state index in [-0.39, 0.29) is 24.0 Å². The number of nitrogens with zero attached hydrogens (tertiary/aromatic N) is 1. The SMILES string of the molecule is C[N+](C)(C)CCOc1ccc2cc(C=O)ccc2c1.[I-]. The summed E-state index contributed by atoms with van der Waals surface area (Å²) in [5, 5.41) is 2.15. The molecule has 0 saturated carbocycles. The number of ether oxygens (including phenoxy) is 1. The van der Waals surface area contributed by atoms with Crippen LogP contribution in [0.2, 0.25) is 0 Å². The molecular weight excluding hydrogens is 365 g/mol. The summed E-state index contributed by atoms with van der Waals surface area (Å²) in [6, 6.07) is 11.6. The van der Waals surface area contributed by atoms with Crippen LogP contribution in [0.5, 0.6) is 5.75 Å². The van der Waals surface area contributed by atoms with Crippen molar-refractivity contribution in [2.45, 2.75) is 0 Å². The molecule has 0 aliphatic rings. The van der Waals surface area contributed by atoms with Gasteiger partial charge in [0.25, 0.3) is 0 Å². The van der Waals surface area contributed by atoms with Crippen molar-refractivity contribution in [2.75, 3.05) is 34.3 Å². The van der Waals surface area contributed by atoms with Crippen molar-refractivity contribution in [1.29, 1.82) is 0 Å². The topological polar surface area (TPSA) is 26.3 Å². The monoisotopic (exact) mass is 385 g/mol. The van der Waals surface area contributed by atoms with Crippen LogP contribution in [0.3, 0.4) is 0 Å². The number of benzene rings is 2. The number of carbonyl (C=O) groups is 1. The first-order valence-electron chi connectivity index (χ1n) is 6.40. The van der Waals surface area contributed by atoms with Crippen molar-refractivity contribution in [1.82, 2.24) is 0 Å². The Morgan fingerprint density at radius 2 is 1.70 bits per heavy atom. The predicted molar refractivity (Wildman–Crippen MR) is 77.7 cm³/mol. The number of rotatable bonds is 5. The summed E-state index contributed by atoms with van der Waals surface area (Å²) in [5.41, 5.74) is 0.700. The molecule has 20 heavy (non-hydrogen) atoms. The van der Waals surface area contributed by atoms with Gasteiger partial charge in [0.15, 0.2) is 0 Å². The second-order valence-electron chi connectivity index (χ2n) is 5.75. The van der Waals surface area contributed by atoms with Crippen LogP contribution in [0.15, 0.2) is 36.4 Å². The van der Waals surface area contributed by atoms with Gasteiger partial charge in [0.05, 0.1) is 21.1 Å². The van der Waals surface area contributed by atoms with Crippen molar-refractivity contribution in [2.24, 2.45) is 0 Å². The highest BCUT2D eigenvalue weighted by Crippen LogP contribution is 2.21. The third-order valence-corrected chi connectivity index (χ3v) is 3.00. The van der Waals surface area contributed by atoms with E-state index < -0.39 is 0 Å². The van der Waals surface area contributed by atoms with Crippen molar-refractivity contribution in [3.05, 3.63) is 42.0 Å². The molecule has 0 N–H and O–H groups in total. The first-order valence-corrected chi connectivity index (χ1v) is 6.40. The van der Waals surface area contributed by atoms with Crippen LogP contribution in [-0.4, -0.2) is 45.1 Å². The highest BCUT2D eigenvalue weighted by atomic mass is 127. The van der Waals surface area contributed by atoms with Crippen molar-refractivity contribution in [3.8, 4) is 5.75 Å². The number of hydrogen-bond donors (Lipinski definition) is 0. The summed E-state index contributed by atoms with van der Waals surface area (Å²) >= 11 is 0. The molecule has 0 aliphatic heterocycles. The van der Waals surface area contributed by atoms with Crippen LogP contribution >= 0.6 is 0 Å². The molecule has 0 heterocycles. The first-order chi connectivity index (χ1) is 8.98. The smallest absolute Gasteiger partial charge is 0.150 e. The highest BCUT2D eigenvalue weighted by Gasteiger charge is 2.06. The number of fused-ring (bicyclic) bond motifs is 1. The van der Waals surface area contributed by atoms with Crippen LogP contribution in [0, 0.1) is 0 Å². The van der Waals surface area contributed by atoms with E-state index in [9.17, 15) is 4.79 Å². The van der Waals surface area contributed by atoms with Gasteiger partial charge in [-0.05, 0) is 29.0 Å². The molecule has 2 aromatic rings. The molecule has 4 heteroatoms. The number of carbonyl (C=O) groups excluding carboxylic acids is 1. The molecule has 0 radical (unpaired) electrons. The molecule has 0 atom stereocenters. The van der Waals surface area contributed by atoms with E-state index in [0.717, 1.165) is 33.8 Å². The lowest BCUT2D eigenvalue weighted by Gasteiger charge is -2.23. The molecule has 0 fully saturated rings. The zero-order valence-corrected chi connectivity index (χ0v) is 14.3. The van der Waals surface area contributed by atoms with Crippen LogP contribution < -0.4 is 28.7 Å². The number of aldehydes is 1. The van der Waals surface area contributed by atoms with Gasteiger partial charge in [-0.15, -0.1) is 0 Å². The lowest BCUT2D eigenvalue weighted by Crippen LogP contribution is -3.00. The maximum absolute atomic E-state index is 10.7. The average Bonchev–Trinajstić information content (AvgIpc) is 2.36. The minimum Gasteiger partial charge on any atom is -1.00 e. The fourth-order valence-electron chi connectivity index (χ4n) is 1.84. The molecule has 2 aromatic carbocycles. The maximum Gasteiger partial charge on any atom is 0.150 e. The molecule has 3 nitrogen and oxygen atoms in total. The second-order valence-corrected chi connectivity index (χ2v) is 5.75. The molecule has 0 saturated heterocycles. The highest BCUT2D eigenvalue weighted by molar-refractivity contribution is 5.89. The molecule has 0 amide bonds. The Morgan fingerprint density at radius 3 is 2.35 bits per heavy atom. The lowest BCUT2D eigenvalue weighted by atomic mass is 10.1. The molecule has 0 unspecified atom stereocenters. The van der Waals surface area contributed by atoms with E-state index in [1.54, 1.807) is 0 Å². The van der Waals surface area contributed by atoms with Crippen LogP contribution in [0.25, 0.3) is 10.8 Å². The van der Waals surface area contributed by atoms with E-state index in [2.05, 4.69) is 21.1 Å². The van der Waals surface area contributed by atoms with Gasteiger partial charge in [-0.1, -0.05) is 18.2 Å². The molecule has 0 aliphatic carbocycles. The Morgan fingerprint density at radius 1 is 1.05 bits per heavy atom. The van der Waals surface area contributed by atoms with E-state index >= 15 is 0 Å². The Kier molecular flexibility index (Phi) is 5.95. The van der Waals surface area contributed by atoms with Gasteiger partial charge in [-0.25, -0.2) is 0 Å². The van der Waals surface area contributed by atoms with Crippen molar-refractivity contribution >= 4 is 17.1 Å². The first kappa shape index (κ1) is 16.9. The summed E-state index contributed by atoms with van der Waals surface area (Å²) in [4.78, 5) is 10.7.